The third-order valence-electron chi connectivity index (χ3n) is 3.63. The second kappa shape index (κ2) is 7.22. The van der Waals surface area contributed by atoms with Gasteiger partial charge in [-0.3, -0.25) is 4.79 Å². The Kier molecular flexibility index (Phi) is 5.33. The van der Waals surface area contributed by atoms with Crippen LogP contribution >= 0.6 is 0 Å². The first-order valence-electron chi connectivity index (χ1n) is 7.47. The van der Waals surface area contributed by atoms with E-state index in [1.54, 1.807) is 13.2 Å². The minimum Gasteiger partial charge on any atom is -0.496 e. The summed E-state index contributed by atoms with van der Waals surface area (Å²) in [7, 11) is 1.63. The maximum atomic E-state index is 12.2. The van der Waals surface area contributed by atoms with Gasteiger partial charge in [0, 0.05) is 17.7 Å². The second-order valence-corrected chi connectivity index (χ2v) is 5.28. The molecule has 1 aromatic carbocycles. The third kappa shape index (κ3) is 3.36. The van der Waals surface area contributed by atoms with Crippen molar-refractivity contribution >= 4 is 0 Å². The molecule has 22 heavy (non-hydrogen) atoms. The summed E-state index contributed by atoms with van der Waals surface area (Å²) in [4.78, 5) is 12.2. The maximum Gasteiger partial charge on any atom is 0.272 e. The molecule has 0 aliphatic carbocycles. The predicted octanol–water partition coefficient (Wildman–Crippen LogP) is 2.52. The number of aromatic nitrogens is 2. The van der Waals surface area contributed by atoms with Gasteiger partial charge in [-0.2, -0.15) is 5.10 Å². The Balaban J connectivity index is 2.50. The van der Waals surface area contributed by atoms with Crippen LogP contribution in [0.15, 0.2) is 29.1 Å². The van der Waals surface area contributed by atoms with Crippen molar-refractivity contribution in [1.82, 2.24) is 9.78 Å². The molecule has 5 heteroatoms. The Morgan fingerprint density at radius 2 is 2.09 bits per heavy atom. The van der Waals surface area contributed by atoms with E-state index in [2.05, 4.69) is 12.0 Å². The molecule has 1 N–H and O–H groups in total. The number of rotatable bonds is 6. The van der Waals surface area contributed by atoms with Gasteiger partial charge in [0.25, 0.3) is 5.56 Å². The van der Waals surface area contributed by atoms with E-state index in [4.69, 9.17) is 4.74 Å². The smallest absolute Gasteiger partial charge is 0.272 e. The van der Waals surface area contributed by atoms with Crippen LogP contribution in [-0.2, 0) is 13.2 Å². The molecule has 0 aliphatic rings. The standard InChI is InChI=1S/C17H22N2O3/c1-4-5-8-19-17(21)14(11-20)10-15(18-19)13-6-7-16(22-3)12(2)9-13/h6-7,9-10,20H,4-5,8,11H2,1-3H3. The molecule has 0 spiro atoms. The zero-order chi connectivity index (χ0) is 16.1. The molecule has 0 unspecified atom stereocenters. The second-order valence-electron chi connectivity index (χ2n) is 5.28. The molecule has 0 bridgehead atoms. The summed E-state index contributed by atoms with van der Waals surface area (Å²) in [6, 6.07) is 7.42. The van der Waals surface area contributed by atoms with Crippen LogP contribution in [0.3, 0.4) is 0 Å². The van der Waals surface area contributed by atoms with Crippen LogP contribution < -0.4 is 10.3 Å². The summed E-state index contributed by atoms with van der Waals surface area (Å²) in [5.74, 6) is 0.811. The highest BCUT2D eigenvalue weighted by Gasteiger charge is 2.10. The lowest BCUT2D eigenvalue weighted by Crippen LogP contribution is -2.26. The molecule has 0 saturated carbocycles. The van der Waals surface area contributed by atoms with Crippen LogP contribution in [0.5, 0.6) is 5.75 Å². The molecule has 0 atom stereocenters. The summed E-state index contributed by atoms with van der Waals surface area (Å²) < 4.78 is 6.71. The first-order chi connectivity index (χ1) is 10.6. The highest BCUT2D eigenvalue weighted by Crippen LogP contribution is 2.24. The van der Waals surface area contributed by atoms with Crippen LogP contribution in [-0.4, -0.2) is 22.0 Å². The zero-order valence-corrected chi connectivity index (χ0v) is 13.3. The van der Waals surface area contributed by atoms with Gasteiger partial charge < -0.3 is 9.84 Å². The van der Waals surface area contributed by atoms with Gasteiger partial charge >= 0.3 is 0 Å². The number of aryl methyl sites for hydroxylation is 2. The van der Waals surface area contributed by atoms with E-state index in [0.717, 1.165) is 29.7 Å². The van der Waals surface area contributed by atoms with Gasteiger partial charge in [0.15, 0.2) is 0 Å². The van der Waals surface area contributed by atoms with Gasteiger partial charge in [-0.15, -0.1) is 0 Å². The summed E-state index contributed by atoms with van der Waals surface area (Å²) in [6.45, 7) is 4.30. The number of benzene rings is 1. The summed E-state index contributed by atoms with van der Waals surface area (Å²) in [5, 5.41) is 13.9. The van der Waals surface area contributed by atoms with Crippen LogP contribution in [0.25, 0.3) is 11.3 Å². The molecular weight excluding hydrogens is 280 g/mol. The molecule has 0 saturated heterocycles. The van der Waals surface area contributed by atoms with Crippen LogP contribution in [0.1, 0.15) is 30.9 Å². The number of hydrogen-bond donors (Lipinski definition) is 1. The molecule has 0 fully saturated rings. The molecule has 2 aromatic rings. The molecule has 2 rings (SSSR count). The number of methoxy groups -OCH3 is 1. The molecule has 5 nitrogen and oxygen atoms in total. The Bertz CT molecular complexity index is 708. The number of ether oxygens (including phenoxy) is 1. The number of unbranched alkanes of at least 4 members (excludes halogenated alkanes) is 1. The number of nitrogens with zero attached hydrogens (tertiary/aromatic N) is 2. The van der Waals surface area contributed by atoms with E-state index < -0.39 is 0 Å². The fourth-order valence-corrected chi connectivity index (χ4v) is 2.35. The van der Waals surface area contributed by atoms with E-state index in [1.807, 2.05) is 25.1 Å². The van der Waals surface area contributed by atoms with E-state index >= 15 is 0 Å². The summed E-state index contributed by atoms with van der Waals surface area (Å²) in [6.07, 6.45) is 1.86. The normalized spacial score (nSPS) is 10.7. The highest BCUT2D eigenvalue weighted by atomic mass is 16.5. The quantitative estimate of drug-likeness (QED) is 0.890. The van der Waals surface area contributed by atoms with Crippen LogP contribution in [0, 0.1) is 6.92 Å². The molecule has 1 heterocycles. The van der Waals surface area contributed by atoms with Crippen molar-refractivity contribution in [3.63, 3.8) is 0 Å². The minimum absolute atomic E-state index is 0.218. The first-order valence-corrected chi connectivity index (χ1v) is 7.47. The Hall–Kier alpha value is -2.14. The molecule has 0 radical (unpaired) electrons. The van der Waals surface area contributed by atoms with Crippen molar-refractivity contribution < 1.29 is 9.84 Å². The molecule has 1 aromatic heterocycles. The first kappa shape index (κ1) is 16.2. The van der Waals surface area contributed by atoms with E-state index in [9.17, 15) is 9.90 Å². The third-order valence-corrected chi connectivity index (χ3v) is 3.63. The topological polar surface area (TPSA) is 64.3 Å². The maximum absolute atomic E-state index is 12.2. The Morgan fingerprint density at radius 3 is 2.68 bits per heavy atom. The molecule has 0 amide bonds. The Labute approximate surface area is 130 Å². The van der Waals surface area contributed by atoms with E-state index in [-0.39, 0.29) is 12.2 Å². The highest BCUT2D eigenvalue weighted by molar-refractivity contribution is 5.62. The van der Waals surface area contributed by atoms with E-state index in [0.29, 0.717) is 17.8 Å². The monoisotopic (exact) mass is 302 g/mol. The van der Waals surface area contributed by atoms with Gasteiger partial charge in [0.2, 0.25) is 0 Å². The van der Waals surface area contributed by atoms with Crippen LogP contribution in [0.2, 0.25) is 0 Å². The van der Waals surface area contributed by atoms with Crippen LogP contribution in [0.4, 0.5) is 0 Å². The van der Waals surface area contributed by atoms with Crippen molar-refractivity contribution in [3.05, 3.63) is 45.7 Å². The predicted molar refractivity (Wildman–Crippen MR) is 86.1 cm³/mol. The van der Waals surface area contributed by atoms with Crippen molar-refractivity contribution in [3.8, 4) is 17.0 Å². The fraction of sp³-hybridized carbons (Fsp3) is 0.412. The van der Waals surface area contributed by atoms with Gasteiger partial charge in [0.1, 0.15) is 5.75 Å². The fourth-order valence-electron chi connectivity index (χ4n) is 2.35. The molecule has 0 aliphatic heterocycles. The minimum atomic E-state index is -0.282. The molecular formula is C17H22N2O3. The van der Waals surface area contributed by atoms with Crippen molar-refractivity contribution in [2.45, 2.75) is 39.8 Å². The van der Waals surface area contributed by atoms with Gasteiger partial charge in [-0.1, -0.05) is 13.3 Å². The average Bonchev–Trinajstić information content (AvgIpc) is 2.53. The zero-order valence-electron chi connectivity index (χ0n) is 13.3. The lowest BCUT2D eigenvalue weighted by molar-refractivity contribution is 0.278. The average molecular weight is 302 g/mol. The van der Waals surface area contributed by atoms with Gasteiger partial charge in [-0.25, -0.2) is 4.68 Å². The molecule has 118 valence electrons. The van der Waals surface area contributed by atoms with Crippen molar-refractivity contribution in [2.24, 2.45) is 0 Å². The lowest BCUT2D eigenvalue weighted by atomic mass is 10.1. The van der Waals surface area contributed by atoms with Crippen molar-refractivity contribution in [1.29, 1.82) is 0 Å². The lowest BCUT2D eigenvalue weighted by Gasteiger charge is -2.11. The largest absolute Gasteiger partial charge is 0.496 e. The number of hydrogen-bond acceptors (Lipinski definition) is 4. The van der Waals surface area contributed by atoms with Gasteiger partial charge in [0.05, 0.1) is 19.4 Å². The summed E-state index contributed by atoms with van der Waals surface area (Å²) >= 11 is 0. The van der Waals surface area contributed by atoms with E-state index in [1.165, 1.54) is 4.68 Å². The number of aliphatic hydroxyl groups is 1. The SMILES string of the molecule is CCCCn1nc(-c2ccc(OC)c(C)c2)cc(CO)c1=O. The number of aliphatic hydroxyl groups excluding tert-OH is 1. The summed E-state index contributed by atoms with van der Waals surface area (Å²) in [5.41, 5.74) is 2.74. The van der Waals surface area contributed by atoms with Crippen molar-refractivity contribution in [2.75, 3.05) is 7.11 Å². The Morgan fingerprint density at radius 1 is 1.32 bits per heavy atom. The van der Waals surface area contributed by atoms with Gasteiger partial charge in [-0.05, 0) is 43.2 Å².